The van der Waals surface area contributed by atoms with Gasteiger partial charge in [-0.25, -0.2) is 0 Å². The molecule has 1 aromatic carbocycles. The highest BCUT2D eigenvalue weighted by Gasteiger charge is 1.95. The zero-order valence-electron chi connectivity index (χ0n) is 7.82. The van der Waals surface area contributed by atoms with Gasteiger partial charge in [-0.05, 0) is 24.0 Å². The monoisotopic (exact) mass is 197 g/mol. The van der Waals surface area contributed by atoms with Crippen molar-refractivity contribution in [3.8, 4) is 0 Å². The lowest BCUT2D eigenvalue weighted by atomic mass is 10.2. The number of methoxy groups -OCH3 is 1. The minimum Gasteiger partial charge on any atom is -0.359 e. The van der Waals surface area contributed by atoms with E-state index in [0.29, 0.717) is 6.79 Å². The second-order valence-electron chi connectivity index (χ2n) is 2.47. The van der Waals surface area contributed by atoms with Crippen molar-refractivity contribution in [1.82, 2.24) is 0 Å². The maximum Gasteiger partial charge on any atom is 0.147 e. The van der Waals surface area contributed by atoms with Crippen molar-refractivity contribution < 1.29 is 9.47 Å². The van der Waals surface area contributed by atoms with E-state index in [0.717, 1.165) is 5.56 Å². The van der Waals surface area contributed by atoms with E-state index in [-0.39, 0.29) is 0 Å². The minimum atomic E-state index is 0.295. The van der Waals surface area contributed by atoms with Crippen LogP contribution in [0.3, 0.4) is 0 Å². The molecule has 0 atom stereocenters. The fourth-order valence-corrected chi connectivity index (χ4v) is 1.38. The van der Waals surface area contributed by atoms with Crippen molar-refractivity contribution in [2.45, 2.75) is 4.90 Å². The van der Waals surface area contributed by atoms with Gasteiger partial charge in [0.15, 0.2) is 0 Å². The van der Waals surface area contributed by atoms with Crippen molar-refractivity contribution >= 4 is 11.8 Å². The van der Waals surface area contributed by atoms with E-state index >= 15 is 0 Å². The first-order valence-corrected chi connectivity index (χ1v) is 5.17. The predicted molar refractivity (Wildman–Crippen MR) is 54.6 cm³/mol. The number of rotatable bonds is 5. The molecule has 0 aliphatic heterocycles. The van der Waals surface area contributed by atoms with Crippen LogP contribution in [0.25, 0.3) is 0 Å². The van der Waals surface area contributed by atoms with Gasteiger partial charge in [-0.1, -0.05) is 12.1 Å². The second-order valence-corrected chi connectivity index (χ2v) is 3.35. The van der Waals surface area contributed by atoms with Gasteiger partial charge in [0.25, 0.3) is 0 Å². The van der Waals surface area contributed by atoms with Gasteiger partial charge < -0.3 is 9.47 Å². The molecule has 0 aromatic heterocycles. The summed E-state index contributed by atoms with van der Waals surface area (Å²) in [5.74, 6) is 0. The third-order valence-corrected chi connectivity index (χ3v) is 2.22. The first-order valence-electron chi connectivity index (χ1n) is 3.94. The molecule has 0 aliphatic rings. The predicted octanol–water partition coefficient (Wildman–Crippen LogP) is 2.54. The molecule has 1 rings (SSSR count). The summed E-state index contributed by atoms with van der Waals surface area (Å²) in [6.07, 6.45) is 2.05. The third kappa shape index (κ3) is 3.81. The lowest BCUT2D eigenvalue weighted by Gasteiger charge is -2.03. The van der Waals surface area contributed by atoms with Crippen LogP contribution < -0.4 is 0 Å². The van der Waals surface area contributed by atoms with Crippen LogP contribution in [-0.4, -0.2) is 20.2 Å². The quantitative estimate of drug-likeness (QED) is 0.410. The van der Waals surface area contributed by atoms with Crippen molar-refractivity contribution in [1.29, 1.82) is 0 Å². The number of hydrogen-bond acceptors (Lipinski definition) is 3. The highest BCUT2D eigenvalue weighted by Crippen LogP contribution is 2.16. The normalized spacial score (nSPS) is 10.3. The van der Waals surface area contributed by atoms with Crippen LogP contribution in [-0.2, 0) is 9.47 Å². The topological polar surface area (TPSA) is 18.5 Å². The largest absolute Gasteiger partial charge is 0.359 e. The second kappa shape index (κ2) is 6.02. The molecule has 0 unspecified atom stereocenters. The van der Waals surface area contributed by atoms with Crippen LogP contribution in [0.5, 0.6) is 0 Å². The maximum atomic E-state index is 5.11. The summed E-state index contributed by atoms with van der Waals surface area (Å²) in [6.45, 7) is 1.99. The van der Waals surface area contributed by atoms with E-state index in [1.165, 1.54) is 4.90 Å². The Bertz CT molecular complexity index is 250. The van der Waals surface area contributed by atoms with Crippen LogP contribution in [0.15, 0.2) is 29.2 Å². The molecule has 71 valence electrons. The van der Waals surface area contributed by atoms with Gasteiger partial charge in [0.05, 0.1) is 0 Å². The standard InChI is InChI=1S/C10H13O2S/c1-11-8-12-7-9-4-3-5-10(6-9)13-2/h3-7H,8H2,1-2H3. The van der Waals surface area contributed by atoms with E-state index in [2.05, 4.69) is 18.4 Å². The number of ether oxygens (including phenoxy) is 2. The van der Waals surface area contributed by atoms with Gasteiger partial charge in [0, 0.05) is 12.0 Å². The number of benzene rings is 1. The zero-order valence-corrected chi connectivity index (χ0v) is 8.64. The van der Waals surface area contributed by atoms with E-state index < -0.39 is 0 Å². The van der Waals surface area contributed by atoms with Crippen molar-refractivity contribution in [3.05, 3.63) is 36.4 Å². The van der Waals surface area contributed by atoms with Gasteiger partial charge in [0.1, 0.15) is 13.4 Å². The lowest BCUT2D eigenvalue weighted by Crippen LogP contribution is -1.94. The first-order chi connectivity index (χ1) is 6.36. The van der Waals surface area contributed by atoms with Crippen LogP contribution in [0, 0.1) is 6.61 Å². The average Bonchev–Trinajstić information content (AvgIpc) is 2.19. The van der Waals surface area contributed by atoms with E-state index in [4.69, 9.17) is 9.47 Å². The average molecular weight is 197 g/mol. The molecule has 2 nitrogen and oxygen atoms in total. The summed E-state index contributed by atoms with van der Waals surface area (Å²) in [5, 5.41) is 0. The molecule has 1 aromatic rings. The fourth-order valence-electron chi connectivity index (χ4n) is 0.913. The molecule has 13 heavy (non-hydrogen) atoms. The van der Waals surface area contributed by atoms with Gasteiger partial charge in [0.2, 0.25) is 0 Å². The molecule has 0 saturated carbocycles. The van der Waals surface area contributed by atoms with Crippen molar-refractivity contribution in [3.63, 3.8) is 0 Å². The van der Waals surface area contributed by atoms with E-state index in [1.54, 1.807) is 25.5 Å². The smallest absolute Gasteiger partial charge is 0.147 e. The zero-order chi connectivity index (χ0) is 9.52. The molecule has 1 radical (unpaired) electrons. The van der Waals surface area contributed by atoms with Crippen LogP contribution in [0.4, 0.5) is 0 Å². The molecular formula is C10H13O2S. The Labute approximate surface area is 83.2 Å². The van der Waals surface area contributed by atoms with Crippen LogP contribution in [0.1, 0.15) is 5.56 Å². The molecular weight excluding hydrogens is 184 g/mol. The Kier molecular flexibility index (Phi) is 4.90. The van der Waals surface area contributed by atoms with E-state index in [9.17, 15) is 0 Å². The Morgan fingerprint density at radius 3 is 3.00 bits per heavy atom. The number of hydrogen-bond donors (Lipinski definition) is 0. The highest BCUT2D eigenvalue weighted by molar-refractivity contribution is 7.98. The third-order valence-electron chi connectivity index (χ3n) is 1.50. The minimum absolute atomic E-state index is 0.295. The Hall–Kier alpha value is -0.510. The molecule has 0 saturated heterocycles. The Balaban J connectivity index is 2.46. The Morgan fingerprint density at radius 2 is 2.31 bits per heavy atom. The summed E-state index contributed by atoms with van der Waals surface area (Å²) in [4.78, 5) is 1.23. The number of thioether (sulfide) groups is 1. The molecule has 0 N–H and O–H groups in total. The molecule has 0 bridgehead atoms. The molecule has 0 aliphatic carbocycles. The first kappa shape index (κ1) is 10.6. The van der Waals surface area contributed by atoms with Gasteiger partial charge >= 0.3 is 0 Å². The summed E-state index contributed by atoms with van der Waals surface area (Å²) >= 11 is 1.72. The Morgan fingerprint density at radius 1 is 1.46 bits per heavy atom. The van der Waals surface area contributed by atoms with Gasteiger partial charge in [-0.15, -0.1) is 11.8 Å². The molecule has 0 fully saturated rings. The SMILES string of the molecule is COCO[CH]c1cccc(SC)c1. The maximum absolute atomic E-state index is 5.11. The summed E-state index contributed by atoms with van der Waals surface area (Å²) in [5.41, 5.74) is 1.06. The fraction of sp³-hybridized carbons (Fsp3) is 0.300. The summed E-state index contributed by atoms with van der Waals surface area (Å²) in [6, 6.07) is 8.14. The summed E-state index contributed by atoms with van der Waals surface area (Å²) in [7, 11) is 1.60. The molecule has 0 heterocycles. The van der Waals surface area contributed by atoms with Crippen molar-refractivity contribution in [2.75, 3.05) is 20.2 Å². The van der Waals surface area contributed by atoms with Gasteiger partial charge in [-0.3, -0.25) is 0 Å². The van der Waals surface area contributed by atoms with E-state index in [1.807, 2.05) is 12.1 Å². The van der Waals surface area contributed by atoms with Crippen LogP contribution in [0.2, 0.25) is 0 Å². The summed E-state index contributed by atoms with van der Waals surface area (Å²) < 4.78 is 9.87. The lowest BCUT2D eigenvalue weighted by molar-refractivity contribution is 0.00459. The molecule has 0 spiro atoms. The van der Waals surface area contributed by atoms with Gasteiger partial charge in [-0.2, -0.15) is 0 Å². The molecule has 0 amide bonds. The van der Waals surface area contributed by atoms with Crippen molar-refractivity contribution in [2.24, 2.45) is 0 Å². The van der Waals surface area contributed by atoms with Crippen LogP contribution >= 0.6 is 11.8 Å². The molecule has 3 heteroatoms. The highest BCUT2D eigenvalue weighted by atomic mass is 32.2.